The molecule has 0 aliphatic carbocycles. The number of benzene rings is 1. The predicted octanol–water partition coefficient (Wildman–Crippen LogP) is 2.50. The SMILES string of the molecule is COC(=O)[C@]1(C(F)(F)F)CC(C)=CCN1S(=O)(=O)c1ccccc1. The summed E-state index contributed by atoms with van der Waals surface area (Å²) in [5.74, 6) is -1.65. The van der Waals surface area contributed by atoms with Crippen LogP contribution in [0.2, 0.25) is 0 Å². The van der Waals surface area contributed by atoms with E-state index in [-0.39, 0.29) is 14.8 Å². The number of methoxy groups -OCH3 is 1. The first-order chi connectivity index (χ1) is 11.1. The van der Waals surface area contributed by atoms with E-state index in [1.54, 1.807) is 0 Å². The number of hydrogen-bond donors (Lipinski definition) is 0. The van der Waals surface area contributed by atoms with E-state index in [1.807, 2.05) is 0 Å². The fourth-order valence-corrected chi connectivity index (χ4v) is 4.36. The van der Waals surface area contributed by atoms with Gasteiger partial charge in [0.25, 0.3) is 0 Å². The van der Waals surface area contributed by atoms with Gasteiger partial charge in [-0.2, -0.15) is 17.5 Å². The number of carbonyl (C=O) groups excluding carboxylic acids is 1. The second-order valence-electron chi connectivity index (χ2n) is 5.43. The zero-order valence-electron chi connectivity index (χ0n) is 13.0. The highest BCUT2D eigenvalue weighted by molar-refractivity contribution is 7.89. The van der Waals surface area contributed by atoms with Crippen LogP contribution in [-0.4, -0.2) is 44.1 Å². The van der Waals surface area contributed by atoms with Gasteiger partial charge in [0.2, 0.25) is 15.6 Å². The van der Waals surface area contributed by atoms with Crippen molar-refractivity contribution in [2.24, 2.45) is 0 Å². The molecule has 1 atom stereocenters. The molecule has 0 unspecified atom stereocenters. The van der Waals surface area contributed by atoms with Gasteiger partial charge in [0, 0.05) is 13.0 Å². The third kappa shape index (κ3) is 2.82. The number of ether oxygens (including phenoxy) is 1. The number of esters is 1. The molecule has 1 aliphatic rings. The third-order valence-corrected chi connectivity index (χ3v) is 5.80. The van der Waals surface area contributed by atoms with Crippen molar-refractivity contribution >= 4 is 16.0 Å². The van der Waals surface area contributed by atoms with Gasteiger partial charge in [-0.25, -0.2) is 13.2 Å². The monoisotopic (exact) mass is 363 g/mol. The number of sulfonamides is 1. The summed E-state index contributed by atoms with van der Waals surface area (Å²) in [7, 11) is -3.76. The lowest BCUT2D eigenvalue weighted by molar-refractivity contribution is -0.228. The maximum Gasteiger partial charge on any atom is 0.418 e. The second kappa shape index (κ2) is 6.21. The van der Waals surface area contributed by atoms with E-state index in [4.69, 9.17) is 0 Å². The van der Waals surface area contributed by atoms with Crippen LogP contribution in [0.15, 0.2) is 46.9 Å². The molecule has 0 amide bonds. The van der Waals surface area contributed by atoms with Crippen molar-refractivity contribution in [1.29, 1.82) is 0 Å². The molecular weight excluding hydrogens is 347 g/mol. The maximum absolute atomic E-state index is 13.9. The Morgan fingerprint density at radius 2 is 1.83 bits per heavy atom. The van der Waals surface area contributed by atoms with Crippen molar-refractivity contribution in [2.45, 2.75) is 30.0 Å². The molecule has 0 fully saturated rings. The van der Waals surface area contributed by atoms with Gasteiger partial charge >= 0.3 is 12.1 Å². The largest absolute Gasteiger partial charge is 0.467 e. The Kier molecular flexibility index (Phi) is 4.78. The highest BCUT2D eigenvalue weighted by Crippen LogP contribution is 2.45. The molecule has 0 radical (unpaired) electrons. The quantitative estimate of drug-likeness (QED) is 0.611. The number of alkyl halides is 3. The van der Waals surface area contributed by atoms with Crippen LogP contribution in [-0.2, 0) is 19.6 Å². The van der Waals surface area contributed by atoms with E-state index in [0.29, 0.717) is 0 Å². The van der Waals surface area contributed by atoms with Crippen molar-refractivity contribution < 1.29 is 31.1 Å². The molecule has 2 rings (SSSR count). The molecule has 0 saturated heterocycles. The summed E-state index contributed by atoms with van der Waals surface area (Å²) in [6.45, 7) is 0.841. The van der Waals surface area contributed by atoms with E-state index < -0.39 is 40.7 Å². The smallest absolute Gasteiger partial charge is 0.418 e. The van der Waals surface area contributed by atoms with E-state index >= 15 is 0 Å². The zero-order valence-corrected chi connectivity index (χ0v) is 13.8. The van der Waals surface area contributed by atoms with Crippen LogP contribution in [0.25, 0.3) is 0 Å². The lowest BCUT2D eigenvalue weighted by Gasteiger charge is -2.43. The van der Waals surface area contributed by atoms with Gasteiger partial charge in [0.05, 0.1) is 12.0 Å². The summed E-state index contributed by atoms with van der Waals surface area (Å²) >= 11 is 0. The number of rotatable bonds is 3. The molecule has 9 heteroatoms. The number of halogens is 3. The zero-order chi connectivity index (χ0) is 18.2. The normalized spacial score (nSPS) is 22.8. The molecule has 1 aromatic carbocycles. The first-order valence-electron chi connectivity index (χ1n) is 6.96. The molecule has 1 heterocycles. The summed E-state index contributed by atoms with van der Waals surface area (Å²) < 4.78 is 71.7. The van der Waals surface area contributed by atoms with Crippen LogP contribution in [0, 0.1) is 0 Å². The van der Waals surface area contributed by atoms with Gasteiger partial charge in [-0.1, -0.05) is 29.8 Å². The molecule has 1 aromatic rings. The van der Waals surface area contributed by atoms with Gasteiger partial charge in [-0.05, 0) is 19.1 Å². The van der Waals surface area contributed by atoms with Crippen molar-refractivity contribution in [3.63, 3.8) is 0 Å². The number of hydrogen-bond acceptors (Lipinski definition) is 4. The average molecular weight is 363 g/mol. The Bertz CT molecular complexity index is 759. The summed E-state index contributed by atoms with van der Waals surface area (Å²) in [5.41, 5.74) is -3.02. The fraction of sp³-hybridized carbons (Fsp3) is 0.400. The topological polar surface area (TPSA) is 63.7 Å². The molecule has 0 aromatic heterocycles. The van der Waals surface area contributed by atoms with Crippen LogP contribution in [0.5, 0.6) is 0 Å². The first kappa shape index (κ1) is 18.5. The third-order valence-electron chi connectivity index (χ3n) is 3.89. The Morgan fingerprint density at radius 1 is 1.25 bits per heavy atom. The fourth-order valence-electron chi connectivity index (χ4n) is 2.68. The van der Waals surface area contributed by atoms with Crippen LogP contribution in [0.4, 0.5) is 13.2 Å². The van der Waals surface area contributed by atoms with Crippen LogP contribution >= 0.6 is 0 Å². The molecule has 132 valence electrons. The van der Waals surface area contributed by atoms with Crippen molar-refractivity contribution in [1.82, 2.24) is 4.31 Å². The van der Waals surface area contributed by atoms with Gasteiger partial charge in [0.15, 0.2) is 0 Å². The number of nitrogens with zero attached hydrogens (tertiary/aromatic N) is 1. The summed E-state index contributed by atoms with van der Waals surface area (Å²) in [4.78, 5) is 11.8. The van der Waals surface area contributed by atoms with E-state index in [1.165, 1.54) is 43.3 Å². The first-order valence-corrected chi connectivity index (χ1v) is 8.40. The second-order valence-corrected chi connectivity index (χ2v) is 7.29. The van der Waals surface area contributed by atoms with E-state index in [9.17, 15) is 26.4 Å². The van der Waals surface area contributed by atoms with Crippen LogP contribution < -0.4 is 0 Å². The minimum atomic E-state index is -5.14. The van der Waals surface area contributed by atoms with Gasteiger partial charge < -0.3 is 4.74 Å². The van der Waals surface area contributed by atoms with E-state index in [2.05, 4.69) is 4.74 Å². The van der Waals surface area contributed by atoms with Crippen molar-refractivity contribution in [2.75, 3.05) is 13.7 Å². The molecule has 0 bridgehead atoms. The Morgan fingerprint density at radius 3 is 2.33 bits per heavy atom. The van der Waals surface area contributed by atoms with Gasteiger partial charge in [0.1, 0.15) is 0 Å². The Balaban J connectivity index is 2.71. The van der Waals surface area contributed by atoms with Gasteiger partial charge in [-0.15, -0.1) is 0 Å². The Labute approximate surface area is 137 Å². The molecule has 24 heavy (non-hydrogen) atoms. The summed E-state index contributed by atoms with van der Waals surface area (Å²) in [5, 5.41) is 0. The molecule has 5 nitrogen and oxygen atoms in total. The highest BCUT2D eigenvalue weighted by Gasteiger charge is 2.68. The van der Waals surface area contributed by atoms with Crippen LogP contribution in [0.3, 0.4) is 0 Å². The van der Waals surface area contributed by atoms with Crippen LogP contribution in [0.1, 0.15) is 13.3 Å². The van der Waals surface area contributed by atoms with Gasteiger partial charge in [-0.3, -0.25) is 0 Å². The molecule has 0 N–H and O–H groups in total. The van der Waals surface area contributed by atoms with E-state index in [0.717, 1.165) is 7.11 Å². The highest BCUT2D eigenvalue weighted by atomic mass is 32.2. The van der Waals surface area contributed by atoms with Crippen molar-refractivity contribution in [3.05, 3.63) is 42.0 Å². The predicted molar refractivity (Wildman–Crippen MR) is 79.5 cm³/mol. The summed E-state index contributed by atoms with van der Waals surface area (Å²) in [6.07, 6.45) is -4.60. The minimum Gasteiger partial charge on any atom is -0.467 e. The Hall–Kier alpha value is -1.87. The average Bonchev–Trinajstić information content (AvgIpc) is 2.53. The molecular formula is C15H16F3NO4S. The maximum atomic E-state index is 13.9. The minimum absolute atomic E-state index is 0.175. The molecule has 1 aliphatic heterocycles. The number of carbonyl (C=O) groups is 1. The lowest BCUT2D eigenvalue weighted by atomic mass is 9.87. The molecule has 0 saturated carbocycles. The molecule has 0 spiro atoms. The van der Waals surface area contributed by atoms with Crippen molar-refractivity contribution in [3.8, 4) is 0 Å². The summed E-state index contributed by atoms with van der Waals surface area (Å²) in [6, 6.07) is 6.69. The standard InChI is InChI=1S/C15H16F3NO4S/c1-11-8-9-19(24(21,22)12-6-4-3-5-7-12)14(10-11,13(20)23-2)15(16,17)18/h3-8H,9-10H2,1-2H3/t14-/m0/s1. The lowest BCUT2D eigenvalue weighted by Crippen LogP contribution is -2.67.